The van der Waals surface area contributed by atoms with Crippen LogP contribution in [0.3, 0.4) is 0 Å². The number of fused-ring (bicyclic) bond motifs is 7. The minimum absolute atomic E-state index is 0.0543. The van der Waals surface area contributed by atoms with Crippen LogP contribution in [0.4, 0.5) is 0 Å². The summed E-state index contributed by atoms with van der Waals surface area (Å²) in [5.41, 5.74) is 12.2. The lowest BCUT2D eigenvalue weighted by molar-refractivity contribution is 0.669. The average Bonchev–Trinajstić information content (AvgIpc) is 3.68. The van der Waals surface area contributed by atoms with Gasteiger partial charge in [0.05, 0.1) is 22.4 Å². The van der Waals surface area contributed by atoms with Gasteiger partial charge < -0.3 is 0 Å². The number of aromatic nitrogens is 6. The summed E-state index contributed by atoms with van der Waals surface area (Å²) in [5.74, 6) is 3.00. The molecule has 3 aromatic heterocycles. The summed E-state index contributed by atoms with van der Waals surface area (Å²) >= 11 is 0. The molecule has 3 heterocycles. The number of benzene rings is 6. The fourth-order valence-corrected chi connectivity index (χ4v) is 7.63. The predicted molar refractivity (Wildman–Crippen MR) is 204 cm³/mol. The van der Waals surface area contributed by atoms with Crippen LogP contribution in [0.25, 0.3) is 67.7 Å². The van der Waals surface area contributed by atoms with E-state index >= 15 is 0 Å². The molecule has 0 radical (unpaired) electrons. The highest BCUT2D eigenvalue weighted by Crippen LogP contribution is 2.42. The predicted octanol–water partition coefficient (Wildman–Crippen LogP) is 10.2. The molecule has 1 atom stereocenters. The van der Waals surface area contributed by atoms with Gasteiger partial charge in [-0.2, -0.15) is 0 Å². The number of hydrogen-bond acceptors (Lipinski definition) is 4. The van der Waals surface area contributed by atoms with Crippen molar-refractivity contribution in [1.29, 1.82) is 0 Å². The van der Waals surface area contributed by atoms with Gasteiger partial charge in [0.2, 0.25) is 5.78 Å². The number of hydrogen-bond donors (Lipinski definition) is 0. The van der Waals surface area contributed by atoms with Gasteiger partial charge in [-0.3, -0.25) is 8.97 Å². The Morgan fingerprint density at radius 1 is 0.471 bits per heavy atom. The molecule has 0 saturated heterocycles. The number of aryl methyl sites for hydroxylation is 1. The Kier molecular flexibility index (Phi) is 6.91. The highest BCUT2D eigenvalue weighted by atomic mass is 15.2. The number of imidazole rings is 2. The van der Waals surface area contributed by atoms with E-state index in [2.05, 4.69) is 148 Å². The number of rotatable bonds is 5. The average molecular weight is 657 g/mol. The van der Waals surface area contributed by atoms with E-state index in [0.717, 1.165) is 69.1 Å². The lowest BCUT2D eigenvalue weighted by atomic mass is 9.91. The van der Waals surface area contributed by atoms with Crippen LogP contribution >= 0.6 is 0 Å². The molecule has 1 aliphatic rings. The maximum atomic E-state index is 5.43. The second-order valence-corrected chi connectivity index (χ2v) is 13.0. The molecule has 6 heteroatoms. The van der Waals surface area contributed by atoms with Crippen LogP contribution in [-0.4, -0.2) is 28.9 Å². The smallest absolute Gasteiger partial charge is 0.220 e. The normalized spacial score (nSPS) is 13.9. The largest absolute Gasteiger partial charge is 0.280 e. The fraction of sp³-hybridized carbons (Fsp3) is 0.0667. The molecule has 1 unspecified atom stereocenters. The van der Waals surface area contributed by atoms with Crippen molar-refractivity contribution in [3.63, 3.8) is 0 Å². The Balaban J connectivity index is 1.13. The summed E-state index contributed by atoms with van der Waals surface area (Å²) in [6.07, 6.45) is 1.64. The van der Waals surface area contributed by atoms with Gasteiger partial charge in [-0.05, 0) is 53.8 Å². The first-order chi connectivity index (χ1) is 25.3. The van der Waals surface area contributed by atoms with E-state index in [-0.39, 0.29) is 5.92 Å². The second kappa shape index (κ2) is 12.0. The van der Waals surface area contributed by atoms with Gasteiger partial charge in [0, 0.05) is 28.3 Å². The van der Waals surface area contributed by atoms with E-state index in [1.54, 1.807) is 0 Å². The van der Waals surface area contributed by atoms with Crippen molar-refractivity contribution < 1.29 is 0 Å². The molecule has 0 bridgehead atoms. The molecule has 0 amide bonds. The van der Waals surface area contributed by atoms with E-state index in [1.165, 1.54) is 16.8 Å². The Morgan fingerprint density at radius 3 is 1.75 bits per heavy atom. The lowest BCUT2D eigenvalue weighted by Crippen LogP contribution is -2.11. The van der Waals surface area contributed by atoms with Crippen molar-refractivity contribution in [2.24, 2.45) is 0 Å². The molecule has 0 fully saturated rings. The zero-order valence-electron chi connectivity index (χ0n) is 27.8. The summed E-state index contributed by atoms with van der Waals surface area (Å²) < 4.78 is 4.64. The van der Waals surface area contributed by atoms with Gasteiger partial charge in [0.15, 0.2) is 11.6 Å². The molecular formula is C45H32N6. The van der Waals surface area contributed by atoms with E-state index in [1.807, 2.05) is 24.3 Å². The Hall–Kier alpha value is -6.66. The van der Waals surface area contributed by atoms with Crippen LogP contribution in [-0.2, 0) is 6.42 Å². The van der Waals surface area contributed by atoms with Gasteiger partial charge in [0.25, 0.3) is 0 Å². The number of para-hydroxylation sites is 3. The van der Waals surface area contributed by atoms with Crippen molar-refractivity contribution in [3.05, 3.63) is 181 Å². The van der Waals surface area contributed by atoms with Gasteiger partial charge in [0.1, 0.15) is 5.82 Å². The summed E-state index contributed by atoms with van der Waals surface area (Å²) in [4.78, 5) is 20.9. The molecular weight excluding hydrogens is 625 g/mol. The monoisotopic (exact) mass is 656 g/mol. The molecule has 1 aliphatic carbocycles. The SMILES string of the molecule is c1ccc(-c2ccc(-c3nc(-c4ccccc4)nc(C4CCc5c(nc6n(-c7ccccc7)c7ccccc7n56)-c5ccccc54)n3)cc2)cc1. The Labute approximate surface area is 295 Å². The van der Waals surface area contributed by atoms with Gasteiger partial charge in [-0.1, -0.05) is 140 Å². The molecule has 9 aromatic rings. The minimum atomic E-state index is -0.0543. The molecule has 0 aliphatic heterocycles. The first-order valence-corrected chi connectivity index (χ1v) is 17.4. The Bertz CT molecular complexity index is 2680. The topological polar surface area (TPSA) is 60.9 Å². The van der Waals surface area contributed by atoms with Gasteiger partial charge in [-0.25, -0.2) is 19.9 Å². The molecule has 0 spiro atoms. The van der Waals surface area contributed by atoms with Crippen LogP contribution in [0.2, 0.25) is 0 Å². The van der Waals surface area contributed by atoms with Crippen LogP contribution in [0, 0.1) is 0 Å². The molecule has 0 N–H and O–H groups in total. The first-order valence-electron chi connectivity index (χ1n) is 17.4. The van der Waals surface area contributed by atoms with E-state index in [9.17, 15) is 0 Å². The fourth-order valence-electron chi connectivity index (χ4n) is 7.63. The second-order valence-electron chi connectivity index (χ2n) is 13.0. The van der Waals surface area contributed by atoms with Crippen molar-refractivity contribution in [2.75, 3.05) is 0 Å². The van der Waals surface area contributed by atoms with E-state index in [4.69, 9.17) is 19.9 Å². The van der Waals surface area contributed by atoms with Crippen molar-refractivity contribution in [1.82, 2.24) is 28.9 Å². The summed E-state index contributed by atoms with van der Waals surface area (Å²) in [5, 5.41) is 0. The van der Waals surface area contributed by atoms with Crippen molar-refractivity contribution in [2.45, 2.75) is 18.8 Å². The molecule has 242 valence electrons. The molecule has 0 saturated carbocycles. The zero-order valence-corrected chi connectivity index (χ0v) is 27.8. The maximum absolute atomic E-state index is 5.43. The van der Waals surface area contributed by atoms with Crippen LogP contribution < -0.4 is 0 Å². The highest BCUT2D eigenvalue weighted by molar-refractivity contribution is 5.86. The maximum Gasteiger partial charge on any atom is 0.220 e. The van der Waals surface area contributed by atoms with Crippen LogP contribution in [0.5, 0.6) is 0 Å². The van der Waals surface area contributed by atoms with E-state index < -0.39 is 0 Å². The van der Waals surface area contributed by atoms with Crippen molar-refractivity contribution in [3.8, 4) is 50.8 Å². The van der Waals surface area contributed by atoms with Gasteiger partial charge in [-0.15, -0.1) is 0 Å². The van der Waals surface area contributed by atoms with Crippen molar-refractivity contribution >= 4 is 16.8 Å². The minimum Gasteiger partial charge on any atom is -0.280 e. The quantitative estimate of drug-likeness (QED) is 0.185. The van der Waals surface area contributed by atoms with Gasteiger partial charge >= 0.3 is 0 Å². The standard InChI is InChI=1S/C45H32N6/c1-4-14-30(15-5-1)31-24-26-33(27-25-31)43-47-42(32-16-6-2-7-17-32)48-44(49-43)37-28-29-40-41(36-21-11-10-20-35(36)37)46-45-50(34-18-8-3-9-19-34)38-22-12-13-23-39(38)51(40)45/h1-27,37H,28-29H2. The summed E-state index contributed by atoms with van der Waals surface area (Å²) in [6.45, 7) is 0. The molecule has 6 nitrogen and oxygen atoms in total. The highest BCUT2D eigenvalue weighted by Gasteiger charge is 2.31. The summed E-state index contributed by atoms with van der Waals surface area (Å²) in [6, 6.07) is 57.0. The third kappa shape index (κ3) is 4.95. The molecule has 51 heavy (non-hydrogen) atoms. The van der Waals surface area contributed by atoms with Crippen LogP contribution in [0.15, 0.2) is 164 Å². The van der Waals surface area contributed by atoms with E-state index in [0.29, 0.717) is 11.6 Å². The molecule has 6 aromatic carbocycles. The third-order valence-electron chi connectivity index (χ3n) is 10.0. The first kappa shape index (κ1) is 29.3. The lowest BCUT2D eigenvalue weighted by Gasteiger charge is -2.18. The van der Waals surface area contributed by atoms with Crippen LogP contribution in [0.1, 0.15) is 29.4 Å². The number of nitrogens with zero attached hydrogens (tertiary/aromatic N) is 6. The summed E-state index contributed by atoms with van der Waals surface area (Å²) in [7, 11) is 0. The molecule has 10 rings (SSSR count). The Morgan fingerprint density at radius 2 is 1.02 bits per heavy atom. The zero-order chi connectivity index (χ0) is 33.7. The third-order valence-corrected chi connectivity index (χ3v) is 10.0.